The van der Waals surface area contributed by atoms with Crippen LogP contribution in [-0.4, -0.2) is 96.8 Å². The highest BCUT2D eigenvalue weighted by Gasteiger charge is 2.24. The molecular formula is C52H68Br2N12O7. The number of fused-ring (bicyclic) bond motifs is 2. The number of benzene rings is 2. The van der Waals surface area contributed by atoms with Crippen molar-refractivity contribution in [3.63, 3.8) is 0 Å². The maximum absolute atomic E-state index is 12.7. The van der Waals surface area contributed by atoms with E-state index in [2.05, 4.69) is 75.6 Å². The highest BCUT2D eigenvalue weighted by molar-refractivity contribution is 9.10. The number of carbonyl (C=O) groups is 4. The largest absolute Gasteiger partial charge is 0.481 e. The number of aromatic nitrogens is 6. The van der Waals surface area contributed by atoms with Crippen LogP contribution in [0.2, 0.25) is 0 Å². The van der Waals surface area contributed by atoms with Crippen molar-refractivity contribution >= 4 is 89.0 Å². The van der Waals surface area contributed by atoms with Crippen LogP contribution in [0.3, 0.4) is 0 Å². The number of aryl methyl sites for hydroxylation is 4. The molecule has 8 rings (SSSR count). The van der Waals surface area contributed by atoms with E-state index in [1.54, 1.807) is 6.20 Å². The van der Waals surface area contributed by atoms with Gasteiger partial charge in [0.25, 0.3) is 0 Å². The lowest BCUT2D eigenvalue weighted by Crippen LogP contribution is -2.32. The Morgan fingerprint density at radius 3 is 1.47 bits per heavy atom. The first-order valence-electron chi connectivity index (χ1n) is 25.0. The maximum atomic E-state index is 12.7. The number of anilines is 2. The zero-order valence-corrected chi connectivity index (χ0v) is 45.2. The van der Waals surface area contributed by atoms with Crippen LogP contribution in [0.5, 0.6) is 0 Å². The average Bonchev–Trinajstić information content (AvgIpc) is 4.01. The molecule has 0 unspecified atom stereocenters. The lowest BCUT2D eigenvalue weighted by Gasteiger charge is -2.26. The number of nitrogens with two attached hydrogens (primary N) is 1. The molecule has 2 aliphatic rings. The molecule has 2 aliphatic heterocycles. The summed E-state index contributed by atoms with van der Waals surface area (Å²) in [4.78, 5) is 57.3. The fourth-order valence-corrected chi connectivity index (χ4v) is 9.45. The fourth-order valence-electron chi connectivity index (χ4n) is 8.56. The van der Waals surface area contributed by atoms with Gasteiger partial charge in [-0.1, -0.05) is 70.0 Å². The van der Waals surface area contributed by atoms with Gasteiger partial charge in [-0.3, -0.25) is 19.2 Å². The number of ether oxygens (including phenoxy) is 2. The van der Waals surface area contributed by atoms with Crippen LogP contribution in [0.1, 0.15) is 99.9 Å². The molecule has 2 aromatic carbocycles. The second-order valence-electron chi connectivity index (χ2n) is 17.5. The number of carboxylic acid groups (broad SMARTS) is 1. The number of pyridine rings is 2. The lowest BCUT2D eigenvalue weighted by molar-refractivity contribution is -0.141. The lowest BCUT2D eigenvalue weighted by atomic mass is 10.0. The van der Waals surface area contributed by atoms with Crippen LogP contribution in [0.25, 0.3) is 22.1 Å². The third kappa shape index (κ3) is 16.2. The zero-order valence-electron chi connectivity index (χ0n) is 42.1. The van der Waals surface area contributed by atoms with E-state index in [0.717, 1.165) is 121 Å². The third-order valence-electron chi connectivity index (χ3n) is 12.4. The second-order valence-corrected chi connectivity index (χ2v) is 19.4. The molecule has 2 fully saturated rings. The van der Waals surface area contributed by atoms with E-state index in [4.69, 9.17) is 30.3 Å². The number of aliphatic carboxylic acids is 1. The summed E-state index contributed by atoms with van der Waals surface area (Å²) >= 11 is 6.77. The van der Waals surface area contributed by atoms with Gasteiger partial charge in [0.05, 0.1) is 34.5 Å². The summed E-state index contributed by atoms with van der Waals surface area (Å²) in [6.45, 7) is 13.9. The normalized spacial score (nSPS) is 13.8. The number of halogens is 2. The molecule has 0 radical (unpaired) electrons. The minimum atomic E-state index is -1.15. The molecule has 392 valence electrons. The number of rotatable bonds is 19. The summed E-state index contributed by atoms with van der Waals surface area (Å²) in [5.41, 5.74) is 14.7. The van der Waals surface area contributed by atoms with E-state index in [9.17, 15) is 19.2 Å². The van der Waals surface area contributed by atoms with Crippen LogP contribution in [-0.2, 0) is 80.8 Å². The Morgan fingerprint density at radius 2 is 1.07 bits per heavy atom. The van der Waals surface area contributed by atoms with Crippen LogP contribution in [0.15, 0.2) is 69.9 Å². The number of carbonyl (C=O) groups excluding carboxylic acids is 3. The molecule has 0 saturated carbocycles. The topological polar surface area (TPSA) is 255 Å². The van der Waals surface area contributed by atoms with E-state index in [0.29, 0.717) is 45.7 Å². The number of carboxylic acids is 1. The highest BCUT2D eigenvalue weighted by atomic mass is 79.9. The Labute approximate surface area is 442 Å². The summed E-state index contributed by atoms with van der Waals surface area (Å²) in [6, 6.07) is 16.2. The third-order valence-corrected chi connectivity index (χ3v) is 13.4. The van der Waals surface area contributed by atoms with Crippen molar-refractivity contribution in [3.8, 4) is 0 Å². The summed E-state index contributed by atoms with van der Waals surface area (Å²) in [5, 5.41) is 35.4. The molecule has 21 heteroatoms. The van der Waals surface area contributed by atoms with Crippen molar-refractivity contribution < 1.29 is 33.8 Å². The van der Waals surface area contributed by atoms with Crippen molar-refractivity contribution in [2.24, 2.45) is 5.73 Å². The fraction of sp³-hybridized carbons (Fsp3) is 0.462. The second kappa shape index (κ2) is 28.5. The monoisotopic (exact) mass is 1130 g/mol. The van der Waals surface area contributed by atoms with Gasteiger partial charge in [0.15, 0.2) is 11.3 Å². The SMILES string of the molecule is CCc1nc2c(cnn2CC)c(NC2CCOCC2)c1CNC(=O)CC(=O)NCc1cccc(Br)c1.CCc1nc2c(cnn2CC)c(NC2CCOCC2)c1CNC(=O)CC(=O)O.NCc1cccc(Br)c1. The Balaban J connectivity index is 0.000000207. The summed E-state index contributed by atoms with van der Waals surface area (Å²) in [5.74, 6) is -2.31. The van der Waals surface area contributed by atoms with Gasteiger partial charge in [-0.2, -0.15) is 10.2 Å². The minimum absolute atomic E-state index is 0.223. The predicted octanol–water partition coefficient (Wildman–Crippen LogP) is 7.29. The van der Waals surface area contributed by atoms with Crippen molar-refractivity contribution in [1.82, 2.24) is 45.5 Å². The first-order valence-corrected chi connectivity index (χ1v) is 26.6. The summed E-state index contributed by atoms with van der Waals surface area (Å²) in [6.07, 6.45) is 7.89. The molecule has 19 nitrogen and oxygen atoms in total. The van der Waals surface area contributed by atoms with Crippen molar-refractivity contribution in [2.45, 2.75) is 130 Å². The summed E-state index contributed by atoms with van der Waals surface area (Å²) < 4.78 is 16.8. The number of nitrogens with zero attached hydrogens (tertiary/aromatic N) is 6. The Morgan fingerprint density at radius 1 is 0.644 bits per heavy atom. The van der Waals surface area contributed by atoms with Gasteiger partial charge in [0, 0.05) is 109 Å². The van der Waals surface area contributed by atoms with Gasteiger partial charge in [-0.25, -0.2) is 19.3 Å². The van der Waals surface area contributed by atoms with Gasteiger partial charge >= 0.3 is 5.97 Å². The standard InChI is InChI=1S/C26H33BrN6O3.C19H27N5O4.C7H8BrN/c1-3-22-20(15-29-24(35)13-23(34)28-14-17-6-5-7-18(27)12-17)25(31-19-8-10-36-11-9-19)21-16-30-33(4-2)26(21)32-22;1-3-15-13(10-20-16(25)9-17(26)27)18(22-12-5-7-28-8-6-12)14-11-21-24(4-2)19(14)23-15;8-7-3-1-2-6(4-7)5-9/h5-7,12,16,19H,3-4,8-11,13-15H2,1-2H3,(H,28,34)(H,29,35)(H,31,32);11-12H,3-10H2,1-2H3,(H,20,25)(H,22,23)(H,26,27);1-4H,5,9H2. The van der Waals surface area contributed by atoms with Gasteiger partial charge in [0.1, 0.15) is 12.8 Å². The number of hydrogen-bond donors (Lipinski definition) is 7. The van der Waals surface area contributed by atoms with Crippen molar-refractivity contribution in [3.05, 3.63) is 104 Å². The van der Waals surface area contributed by atoms with Crippen molar-refractivity contribution in [1.29, 1.82) is 0 Å². The number of hydrogen-bond acceptors (Lipinski definition) is 13. The molecule has 0 aliphatic carbocycles. The molecule has 6 heterocycles. The van der Waals surface area contributed by atoms with E-state index in [1.165, 1.54) is 0 Å². The van der Waals surface area contributed by atoms with E-state index in [-0.39, 0.29) is 43.4 Å². The van der Waals surface area contributed by atoms with Crippen LogP contribution in [0, 0.1) is 0 Å². The molecule has 2 saturated heterocycles. The molecule has 8 N–H and O–H groups in total. The molecule has 0 bridgehead atoms. The minimum Gasteiger partial charge on any atom is -0.481 e. The highest BCUT2D eigenvalue weighted by Crippen LogP contribution is 2.33. The van der Waals surface area contributed by atoms with Crippen molar-refractivity contribution in [2.75, 3.05) is 37.1 Å². The smallest absolute Gasteiger partial charge is 0.312 e. The van der Waals surface area contributed by atoms with E-state index < -0.39 is 18.3 Å². The van der Waals surface area contributed by atoms with Crippen LogP contribution >= 0.6 is 31.9 Å². The predicted molar refractivity (Wildman–Crippen MR) is 289 cm³/mol. The molecule has 3 amide bonds. The molecule has 6 aromatic rings. The van der Waals surface area contributed by atoms with E-state index >= 15 is 0 Å². The quantitative estimate of drug-likeness (QED) is 0.0394. The first kappa shape index (κ1) is 56.3. The molecule has 0 atom stereocenters. The first-order chi connectivity index (χ1) is 35.3. The van der Waals surface area contributed by atoms with Gasteiger partial charge < -0.3 is 46.9 Å². The maximum Gasteiger partial charge on any atom is 0.312 e. The Kier molecular flexibility index (Phi) is 21.9. The molecular weight excluding hydrogens is 1060 g/mol. The van der Waals surface area contributed by atoms with Gasteiger partial charge in [-0.05, 0) is 87.8 Å². The van der Waals surface area contributed by atoms with Crippen LogP contribution in [0.4, 0.5) is 11.4 Å². The number of amides is 3. The van der Waals surface area contributed by atoms with Gasteiger partial charge in [0.2, 0.25) is 17.7 Å². The molecule has 0 spiro atoms. The Bertz CT molecular complexity index is 2810. The Hall–Kier alpha value is -6.00. The van der Waals surface area contributed by atoms with Gasteiger partial charge in [-0.15, -0.1) is 0 Å². The van der Waals surface area contributed by atoms with E-state index in [1.807, 2.05) is 84.9 Å². The molecule has 73 heavy (non-hydrogen) atoms. The summed E-state index contributed by atoms with van der Waals surface area (Å²) in [7, 11) is 0. The zero-order chi connectivity index (χ0) is 52.3. The molecule has 4 aromatic heterocycles. The average molecular weight is 1130 g/mol. The van der Waals surface area contributed by atoms with Crippen LogP contribution < -0.4 is 32.3 Å². The number of nitrogens with one attached hydrogen (secondary N) is 5.